The summed E-state index contributed by atoms with van der Waals surface area (Å²) in [6, 6.07) is 19.3. The van der Waals surface area contributed by atoms with Gasteiger partial charge in [0.15, 0.2) is 16.3 Å². The zero-order chi connectivity index (χ0) is 33.7. The molecule has 11 heteroatoms. The molecular formula is C36H37N3O7S. The van der Waals surface area contributed by atoms with Crippen LogP contribution in [0, 0.1) is 10.1 Å². The number of carbonyl (C=O) groups is 1. The van der Waals surface area contributed by atoms with Crippen LogP contribution in [0.3, 0.4) is 0 Å². The summed E-state index contributed by atoms with van der Waals surface area (Å²) < 4.78 is 18.6. The molecule has 244 valence electrons. The number of methoxy groups -OCH3 is 1. The van der Waals surface area contributed by atoms with Gasteiger partial charge in [0.2, 0.25) is 0 Å². The van der Waals surface area contributed by atoms with Gasteiger partial charge in [-0.15, -0.1) is 0 Å². The Kier molecular flexibility index (Phi) is 10.4. The highest BCUT2D eigenvalue weighted by atomic mass is 32.1. The maximum Gasteiger partial charge on any atom is 0.338 e. The van der Waals surface area contributed by atoms with E-state index >= 15 is 0 Å². The third-order valence-corrected chi connectivity index (χ3v) is 8.83. The second-order valence-corrected chi connectivity index (χ2v) is 12.3. The molecule has 3 aromatic carbocycles. The van der Waals surface area contributed by atoms with Crippen LogP contribution in [0.25, 0.3) is 6.08 Å². The van der Waals surface area contributed by atoms with Crippen LogP contribution in [0.1, 0.15) is 74.8 Å². The van der Waals surface area contributed by atoms with Gasteiger partial charge >= 0.3 is 5.97 Å². The zero-order valence-corrected chi connectivity index (χ0v) is 27.8. The molecule has 0 aliphatic carbocycles. The van der Waals surface area contributed by atoms with E-state index in [-0.39, 0.29) is 40.5 Å². The van der Waals surface area contributed by atoms with Gasteiger partial charge in [0.05, 0.1) is 52.1 Å². The highest BCUT2D eigenvalue weighted by molar-refractivity contribution is 7.07. The first-order chi connectivity index (χ1) is 22.7. The highest BCUT2D eigenvalue weighted by Gasteiger charge is 2.34. The van der Waals surface area contributed by atoms with Gasteiger partial charge < -0.3 is 14.2 Å². The van der Waals surface area contributed by atoms with Crippen LogP contribution < -0.4 is 24.4 Å². The Morgan fingerprint density at radius 2 is 1.81 bits per heavy atom. The Hall–Kier alpha value is -5.03. The molecule has 4 aromatic rings. The number of hydrogen-bond donors (Lipinski definition) is 0. The van der Waals surface area contributed by atoms with Crippen molar-refractivity contribution in [2.24, 2.45) is 4.99 Å². The van der Waals surface area contributed by atoms with Crippen molar-refractivity contribution in [1.29, 1.82) is 0 Å². The summed E-state index contributed by atoms with van der Waals surface area (Å²) in [5, 5.41) is 12.3. The van der Waals surface area contributed by atoms with Crippen molar-refractivity contribution in [2.75, 3.05) is 13.7 Å². The summed E-state index contributed by atoms with van der Waals surface area (Å²) in [6.45, 7) is 8.27. The van der Waals surface area contributed by atoms with Gasteiger partial charge in [0, 0.05) is 0 Å². The lowest BCUT2D eigenvalue weighted by atomic mass is 9.92. The monoisotopic (exact) mass is 655 g/mol. The maximum absolute atomic E-state index is 14.2. The maximum atomic E-state index is 14.2. The molecule has 47 heavy (non-hydrogen) atoms. The van der Waals surface area contributed by atoms with E-state index in [0.29, 0.717) is 28.4 Å². The molecule has 0 spiro atoms. The van der Waals surface area contributed by atoms with E-state index in [1.54, 1.807) is 6.92 Å². The summed E-state index contributed by atoms with van der Waals surface area (Å²) in [6.07, 6.45) is 2.70. The lowest BCUT2D eigenvalue weighted by Crippen LogP contribution is -2.40. The smallest absolute Gasteiger partial charge is 0.338 e. The lowest BCUT2D eigenvalue weighted by Gasteiger charge is -2.26. The molecule has 0 bridgehead atoms. The van der Waals surface area contributed by atoms with Gasteiger partial charge in [0.1, 0.15) is 6.61 Å². The third-order valence-electron chi connectivity index (χ3n) is 7.84. The van der Waals surface area contributed by atoms with Crippen molar-refractivity contribution in [3.8, 4) is 11.5 Å². The number of ether oxygens (including phenoxy) is 3. The molecule has 1 aliphatic heterocycles. The van der Waals surface area contributed by atoms with Crippen molar-refractivity contribution < 1.29 is 23.9 Å². The number of benzene rings is 3. The molecule has 0 fully saturated rings. The summed E-state index contributed by atoms with van der Waals surface area (Å²) in [4.78, 5) is 44.6. The predicted octanol–water partition coefficient (Wildman–Crippen LogP) is 6.20. The topological polar surface area (TPSA) is 122 Å². The van der Waals surface area contributed by atoms with E-state index in [9.17, 15) is 19.7 Å². The number of nitrogens with zero attached hydrogens (tertiary/aromatic N) is 3. The number of nitro benzene ring substituents is 1. The van der Waals surface area contributed by atoms with Gasteiger partial charge in [-0.2, -0.15) is 0 Å². The second-order valence-electron chi connectivity index (χ2n) is 11.3. The average molecular weight is 656 g/mol. The molecule has 0 unspecified atom stereocenters. The number of thiazole rings is 1. The van der Waals surface area contributed by atoms with Crippen molar-refractivity contribution in [1.82, 2.24) is 4.57 Å². The van der Waals surface area contributed by atoms with E-state index in [2.05, 4.69) is 13.8 Å². The number of nitro groups is 1. The van der Waals surface area contributed by atoms with Crippen LogP contribution in [0.2, 0.25) is 0 Å². The van der Waals surface area contributed by atoms with Crippen molar-refractivity contribution in [3.05, 3.63) is 130 Å². The normalized spacial score (nSPS) is 14.5. The van der Waals surface area contributed by atoms with Crippen LogP contribution in [0.15, 0.2) is 87.8 Å². The molecule has 1 aromatic heterocycles. The van der Waals surface area contributed by atoms with Crippen molar-refractivity contribution in [3.63, 3.8) is 0 Å². The minimum atomic E-state index is -0.784. The van der Waals surface area contributed by atoms with Gasteiger partial charge in [-0.25, -0.2) is 9.79 Å². The number of aromatic nitrogens is 1. The van der Waals surface area contributed by atoms with Crippen molar-refractivity contribution in [2.45, 2.75) is 59.1 Å². The van der Waals surface area contributed by atoms with Gasteiger partial charge in [-0.05, 0) is 48.1 Å². The van der Waals surface area contributed by atoms with Crippen LogP contribution in [0.5, 0.6) is 11.5 Å². The van der Waals surface area contributed by atoms with E-state index in [4.69, 9.17) is 19.2 Å². The van der Waals surface area contributed by atoms with Gasteiger partial charge in [-0.1, -0.05) is 93.1 Å². The fourth-order valence-electron chi connectivity index (χ4n) is 5.49. The average Bonchev–Trinajstić information content (AvgIpc) is 3.37. The lowest BCUT2D eigenvalue weighted by molar-refractivity contribution is -0.385. The van der Waals surface area contributed by atoms with Crippen LogP contribution >= 0.6 is 11.3 Å². The van der Waals surface area contributed by atoms with Crippen LogP contribution in [0.4, 0.5) is 5.69 Å². The Morgan fingerprint density at radius 1 is 1.09 bits per heavy atom. The number of rotatable bonds is 12. The first kappa shape index (κ1) is 33.3. The Bertz CT molecular complexity index is 1990. The van der Waals surface area contributed by atoms with Gasteiger partial charge in [0.25, 0.3) is 11.2 Å². The first-order valence-corrected chi connectivity index (χ1v) is 16.3. The highest BCUT2D eigenvalue weighted by Crippen LogP contribution is 2.36. The third kappa shape index (κ3) is 7.05. The number of allylic oxidation sites excluding steroid dienone is 1. The van der Waals surface area contributed by atoms with E-state index < -0.39 is 22.5 Å². The van der Waals surface area contributed by atoms with Gasteiger partial charge in [-0.3, -0.25) is 19.5 Å². The van der Waals surface area contributed by atoms with E-state index in [1.807, 2.05) is 61.5 Å². The quantitative estimate of drug-likeness (QED) is 0.101. The number of carbonyl (C=O) groups excluding carboxylic acids is 1. The Balaban J connectivity index is 1.67. The Morgan fingerprint density at radius 3 is 2.43 bits per heavy atom. The van der Waals surface area contributed by atoms with Crippen LogP contribution in [-0.4, -0.2) is 29.2 Å². The fourth-order valence-corrected chi connectivity index (χ4v) is 6.50. The summed E-state index contributed by atoms with van der Waals surface area (Å²) in [7, 11) is 1.45. The fraction of sp³-hybridized carbons (Fsp3) is 0.306. The molecule has 10 nitrogen and oxygen atoms in total. The number of hydrogen-bond acceptors (Lipinski definition) is 9. The van der Waals surface area contributed by atoms with Crippen LogP contribution in [-0.2, 0) is 16.1 Å². The predicted molar refractivity (Wildman–Crippen MR) is 181 cm³/mol. The molecule has 5 rings (SSSR count). The standard InChI is InChI=1S/C36H37N3O7S/c1-6-11-27-32(35(41)45-7-2)33(25-16-14-24(15-17-25)22(3)4)38-34(40)31(47-36(38)37-27)19-26-18-29(44-5)30(20-28(26)39(42)43)46-21-23-12-9-8-10-13-23/h8-10,12-20,22,33H,6-7,11,21H2,1-5H3/b31-19-/t33-/m0/s1. The molecular weight excluding hydrogens is 618 g/mol. The summed E-state index contributed by atoms with van der Waals surface area (Å²) >= 11 is 1.11. The van der Waals surface area contributed by atoms with E-state index in [1.165, 1.54) is 29.9 Å². The first-order valence-electron chi connectivity index (χ1n) is 15.5. The molecule has 1 aliphatic rings. The molecule has 0 radical (unpaired) electrons. The molecule has 0 N–H and O–H groups in total. The molecule has 1 atom stereocenters. The SMILES string of the molecule is CCCC1=C(C(=O)OCC)[C@H](c2ccc(C(C)C)cc2)n2c(s/c(=C\c3cc(OC)c(OCc4ccccc4)cc3[N+](=O)[O-])c2=O)=N1. The molecule has 2 heterocycles. The summed E-state index contributed by atoms with van der Waals surface area (Å²) in [5.41, 5.74) is 3.11. The second kappa shape index (κ2) is 14.6. The molecule has 0 saturated carbocycles. The largest absolute Gasteiger partial charge is 0.493 e. The minimum absolute atomic E-state index is 0.167. The van der Waals surface area contributed by atoms with E-state index in [0.717, 1.165) is 34.4 Å². The van der Waals surface area contributed by atoms with Crippen molar-refractivity contribution >= 4 is 29.1 Å². The number of fused-ring (bicyclic) bond motifs is 1. The Labute approximate surface area is 276 Å². The zero-order valence-electron chi connectivity index (χ0n) is 27.0. The molecule has 0 saturated heterocycles. The number of esters is 1. The molecule has 0 amide bonds. The summed E-state index contributed by atoms with van der Waals surface area (Å²) in [5.74, 6) is 0.251. The minimum Gasteiger partial charge on any atom is -0.493 e.